The van der Waals surface area contributed by atoms with E-state index in [2.05, 4.69) is 4.98 Å². The largest absolute Gasteiger partial charge is 0.381 e. The maximum Gasteiger partial charge on any atom is 0.179 e. The molecule has 0 saturated carbocycles. The molecule has 0 radical (unpaired) electrons. The first-order chi connectivity index (χ1) is 8.09. The fourth-order valence-corrected chi connectivity index (χ4v) is 3.31. The molecular formula is C12H17NO3S. The maximum atomic E-state index is 11.4. The summed E-state index contributed by atoms with van der Waals surface area (Å²) in [5.41, 5.74) is 0.217. The number of ether oxygens (including phenoxy) is 2. The standard InChI is InChI=1S/C12H17NO3S/c1-8(14)10-9(2)17-11(13-10)12(15-3)4-6-16-7-5-12/h4-7H2,1-3H3. The molecule has 0 amide bonds. The molecule has 4 nitrogen and oxygen atoms in total. The smallest absolute Gasteiger partial charge is 0.179 e. The van der Waals surface area contributed by atoms with Crippen molar-refractivity contribution < 1.29 is 14.3 Å². The van der Waals surface area contributed by atoms with Crippen molar-refractivity contribution >= 4 is 17.1 Å². The van der Waals surface area contributed by atoms with Crippen molar-refractivity contribution in [3.05, 3.63) is 15.6 Å². The molecular weight excluding hydrogens is 238 g/mol. The highest BCUT2D eigenvalue weighted by Crippen LogP contribution is 2.38. The number of thiazole rings is 1. The second-order valence-corrected chi connectivity index (χ2v) is 5.49. The quantitative estimate of drug-likeness (QED) is 0.778. The summed E-state index contributed by atoms with van der Waals surface area (Å²) in [5.74, 6) is 0.0170. The van der Waals surface area contributed by atoms with Crippen LogP contribution in [-0.2, 0) is 15.1 Å². The molecule has 1 aromatic heterocycles. The summed E-state index contributed by atoms with van der Waals surface area (Å²) in [5, 5.41) is 0.908. The number of ketones is 1. The number of aromatic nitrogens is 1. The normalized spacial score (nSPS) is 19.2. The summed E-state index contributed by atoms with van der Waals surface area (Å²) in [7, 11) is 1.70. The van der Waals surface area contributed by atoms with Gasteiger partial charge in [0.1, 0.15) is 16.3 Å². The number of Topliss-reactive ketones (excluding diaryl/α,β-unsaturated/α-hetero) is 1. The average Bonchev–Trinajstić information content (AvgIpc) is 2.73. The minimum absolute atomic E-state index is 0.0170. The van der Waals surface area contributed by atoms with Crippen LogP contribution in [0.2, 0.25) is 0 Å². The Kier molecular flexibility index (Phi) is 3.61. The average molecular weight is 255 g/mol. The lowest BCUT2D eigenvalue weighted by Gasteiger charge is -2.33. The molecule has 0 atom stereocenters. The molecule has 17 heavy (non-hydrogen) atoms. The third-order valence-corrected chi connectivity index (χ3v) is 4.37. The van der Waals surface area contributed by atoms with Crippen LogP contribution in [0, 0.1) is 6.92 Å². The predicted octanol–water partition coefficient (Wildman–Crippen LogP) is 2.31. The minimum atomic E-state index is -0.360. The van der Waals surface area contributed by atoms with Crippen molar-refractivity contribution in [1.29, 1.82) is 0 Å². The van der Waals surface area contributed by atoms with Crippen molar-refractivity contribution in [1.82, 2.24) is 4.98 Å². The molecule has 1 aromatic rings. The molecule has 2 rings (SSSR count). The van der Waals surface area contributed by atoms with E-state index in [1.54, 1.807) is 25.4 Å². The summed E-state index contributed by atoms with van der Waals surface area (Å²) in [6, 6.07) is 0. The number of nitrogens with zero attached hydrogens (tertiary/aromatic N) is 1. The first-order valence-electron chi connectivity index (χ1n) is 5.71. The fourth-order valence-electron chi connectivity index (χ4n) is 2.12. The topological polar surface area (TPSA) is 48.4 Å². The van der Waals surface area contributed by atoms with Crippen LogP contribution in [0.3, 0.4) is 0 Å². The van der Waals surface area contributed by atoms with E-state index in [1.807, 2.05) is 6.92 Å². The number of methoxy groups -OCH3 is 1. The van der Waals surface area contributed by atoms with E-state index in [9.17, 15) is 4.79 Å². The predicted molar refractivity (Wildman–Crippen MR) is 65.6 cm³/mol. The zero-order chi connectivity index (χ0) is 12.5. The van der Waals surface area contributed by atoms with Crippen LogP contribution in [0.5, 0.6) is 0 Å². The van der Waals surface area contributed by atoms with Gasteiger partial charge >= 0.3 is 0 Å². The van der Waals surface area contributed by atoms with E-state index in [4.69, 9.17) is 9.47 Å². The Morgan fingerprint density at radius 2 is 2.12 bits per heavy atom. The summed E-state index contributed by atoms with van der Waals surface area (Å²) in [6.45, 7) is 4.85. The zero-order valence-corrected chi connectivity index (χ0v) is 11.2. The second kappa shape index (κ2) is 4.84. The van der Waals surface area contributed by atoms with Crippen LogP contribution < -0.4 is 0 Å². The van der Waals surface area contributed by atoms with Crippen molar-refractivity contribution in [2.75, 3.05) is 20.3 Å². The van der Waals surface area contributed by atoms with Crippen molar-refractivity contribution in [2.45, 2.75) is 32.3 Å². The molecule has 0 aliphatic carbocycles. The Bertz CT molecular complexity index is 421. The van der Waals surface area contributed by atoms with Gasteiger partial charge in [-0.1, -0.05) is 0 Å². The van der Waals surface area contributed by atoms with Gasteiger partial charge in [-0.25, -0.2) is 4.98 Å². The highest BCUT2D eigenvalue weighted by atomic mass is 32.1. The molecule has 0 spiro atoms. The molecule has 1 aliphatic heterocycles. The van der Waals surface area contributed by atoms with Gasteiger partial charge in [-0.2, -0.15) is 0 Å². The zero-order valence-electron chi connectivity index (χ0n) is 10.4. The molecule has 1 saturated heterocycles. The van der Waals surface area contributed by atoms with Crippen LogP contribution in [0.1, 0.15) is 40.1 Å². The van der Waals surface area contributed by atoms with Crippen LogP contribution in [0.15, 0.2) is 0 Å². The summed E-state index contributed by atoms with van der Waals surface area (Å²) >= 11 is 1.56. The van der Waals surface area contributed by atoms with Gasteiger partial charge in [0, 0.05) is 45.0 Å². The van der Waals surface area contributed by atoms with Gasteiger partial charge in [-0.15, -0.1) is 11.3 Å². The van der Waals surface area contributed by atoms with Gasteiger partial charge in [-0.3, -0.25) is 4.79 Å². The highest BCUT2D eigenvalue weighted by molar-refractivity contribution is 7.12. The Morgan fingerprint density at radius 3 is 2.59 bits per heavy atom. The summed E-state index contributed by atoms with van der Waals surface area (Å²) < 4.78 is 11.0. The van der Waals surface area contributed by atoms with E-state index >= 15 is 0 Å². The van der Waals surface area contributed by atoms with Crippen LogP contribution in [0.4, 0.5) is 0 Å². The van der Waals surface area contributed by atoms with Crippen molar-refractivity contribution in [3.63, 3.8) is 0 Å². The first-order valence-corrected chi connectivity index (χ1v) is 6.52. The van der Waals surface area contributed by atoms with E-state index < -0.39 is 0 Å². The lowest BCUT2D eigenvalue weighted by Crippen LogP contribution is -2.35. The van der Waals surface area contributed by atoms with Gasteiger partial charge in [-0.05, 0) is 6.92 Å². The lowest BCUT2D eigenvalue weighted by molar-refractivity contribution is -0.0948. The van der Waals surface area contributed by atoms with E-state index in [0.717, 1.165) is 22.7 Å². The number of aryl methyl sites for hydroxylation is 1. The number of hydrogen-bond acceptors (Lipinski definition) is 5. The van der Waals surface area contributed by atoms with Gasteiger partial charge in [0.2, 0.25) is 0 Å². The number of rotatable bonds is 3. The molecule has 1 aliphatic rings. The Hall–Kier alpha value is -0.780. The molecule has 1 fully saturated rings. The van der Waals surface area contributed by atoms with Gasteiger partial charge in [0.25, 0.3) is 0 Å². The SMILES string of the molecule is COC1(c2nc(C(C)=O)c(C)s2)CCOCC1. The van der Waals surface area contributed by atoms with E-state index in [-0.39, 0.29) is 11.4 Å². The van der Waals surface area contributed by atoms with Gasteiger partial charge in [0.15, 0.2) is 5.78 Å². The highest BCUT2D eigenvalue weighted by Gasteiger charge is 2.38. The fraction of sp³-hybridized carbons (Fsp3) is 0.667. The first kappa shape index (κ1) is 12.7. The van der Waals surface area contributed by atoms with Gasteiger partial charge < -0.3 is 9.47 Å². The molecule has 94 valence electrons. The molecule has 0 bridgehead atoms. The molecule has 2 heterocycles. The molecule has 0 unspecified atom stereocenters. The van der Waals surface area contributed by atoms with Crippen molar-refractivity contribution in [2.24, 2.45) is 0 Å². The summed E-state index contributed by atoms with van der Waals surface area (Å²) in [6.07, 6.45) is 1.60. The lowest BCUT2D eigenvalue weighted by atomic mass is 9.95. The van der Waals surface area contributed by atoms with E-state index in [0.29, 0.717) is 18.9 Å². The Labute approximate surface area is 105 Å². The van der Waals surface area contributed by atoms with Gasteiger partial charge in [0.05, 0.1) is 0 Å². The molecule has 5 heteroatoms. The second-order valence-electron chi connectivity index (χ2n) is 4.29. The number of hydrogen-bond donors (Lipinski definition) is 0. The third-order valence-electron chi connectivity index (χ3n) is 3.21. The van der Waals surface area contributed by atoms with Crippen LogP contribution in [0.25, 0.3) is 0 Å². The molecule has 0 N–H and O–H groups in total. The summed E-state index contributed by atoms with van der Waals surface area (Å²) in [4.78, 5) is 16.9. The third kappa shape index (κ3) is 2.27. The monoisotopic (exact) mass is 255 g/mol. The van der Waals surface area contributed by atoms with E-state index in [1.165, 1.54) is 0 Å². The Balaban J connectivity index is 2.37. The number of carbonyl (C=O) groups excluding carboxylic acids is 1. The maximum absolute atomic E-state index is 11.4. The van der Waals surface area contributed by atoms with Crippen LogP contribution >= 0.6 is 11.3 Å². The van der Waals surface area contributed by atoms with Crippen LogP contribution in [-0.4, -0.2) is 31.1 Å². The number of carbonyl (C=O) groups is 1. The minimum Gasteiger partial charge on any atom is -0.381 e. The molecule has 0 aromatic carbocycles. The van der Waals surface area contributed by atoms with Crippen molar-refractivity contribution in [3.8, 4) is 0 Å². The Morgan fingerprint density at radius 1 is 1.47 bits per heavy atom.